The molecule has 1 aliphatic rings. The minimum Gasteiger partial charge on any atom is -0.357 e. The van der Waals surface area contributed by atoms with Gasteiger partial charge in [-0.3, -0.25) is 5.41 Å². The highest BCUT2D eigenvalue weighted by molar-refractivity contribution is 6.11. The third-order valence-corrected chi connectivity index (χ3v) is 5.99. The fourth-order valence-corrected chi connectivity index (χ4v) is 4.58. The van der Waals surface area contributed by atoms with E-state index in [0.717, 1.165) is 30.2 Å². The molecule has 0 amide bonds. The summed E-state index contributed by atoms with van der Waals surface area (Å²) in [6.07, 6.45) is 8.26. The minimum absolute atomic E-state index is 0.0723. The Hall–Kier alpha value is -2.72. The first-order chi connectivity index (χ1) is 14.2. The Labute approximate surface area is 180 Å². The first kappa shape index (κ1) is 22.0. The molecule has 3 N–H and O–H groups in total. The number of hydrogen-bond donors (Lipinski definition) is 3. The van der Waals surface area contributed by atoms with Gasteiger partial charge in [0.2, 0.25) is 0 Å². The van der Waals surface area contributed by atoms with Crippen LogP contribution in [0.3, 0.4) is 0 Å². The zero-order valence-electron chi connectivity index (χ0n) is 18.6. The molecule has 0 aliphatic carbocycles. The smallest absolute Gasteiger partial charge is 0.120 e. The molecule has 30 heavy (non-hydrogen) atoms. The van der Waals surface area contributed by atoms with Crippen LogP contribution in [-0.2, 0) is 6.42 Å². The molecule has 0 spiro atoms. The Morgan fingerprint density at radius 2 is 2.00 bits per heavy atom. The summed E-state index contributed by atoms with van der Waals surface area (Å²) >= 11 is 0. The molecule has 0 radical (unpaired) electrons. The Balaban J connectivity index is 1.72. The lowest BCUT2D eigenvalue weighted by atomic mass is 9.85. The second-order valence-corrected chi connectivity index (χ2v) is 9.11. The number of nitrogens with one attached hydrogen (secondary N) is 3. The van der Waals surface area contributed by atoms with E-state index in [2.05, 4.69) is 63.0 Å². The van der Waals surface area contributed by atoms with E-state index in [1.165, 1.54) is 10.9 Å². The molecule has 158 valence electrons. The third kappa shape index (κ3) is 5.06. The van der Waals surface area contributed by atoms with Crippen LogP contribution in [-0.4, -0.2) is 41.1 Å². The van der Waals surface area contributed by atoms with Crippen molar-refractivity contribution in [2.75, 3.05) is 7.05 Å². The van der Waals surface area contributed by atoms with Gasteiger partial charge in [0, 0.05) is 30.2 Å². The van der Waals surface area contributed by atoms with Crippen molar-refractivity contribution >= 4 is 22.3 Å². The SMILES string of the molecule is C=CCc1cccc2cc(C(=N)/C=C\C(=N)N(C)C3CC(C)NC(C)(C)C3)ccc12. The summed E-state index contributed by atoms with van der Waals surface area (Å²) in [5, 5.41) is 22.9. The predicted molar refractivity (Wildman–Crippen MR) is 129 cm³/mol. The first-order valence-corrected chi connectivity index (χ1v) is 10.7. The third-order valence-electron chi connectivity index (χ3n) is 5.99. The van der Waals surface area contributed by atoms with Crippen molar-refractivity contribution in [2.24, 2.45) is 0 Å². The van der Waals surface area contributed by atoms with Crippen LogP contribution in [0.5, 0.6) is 0 Å². The number of likely N-dealkylation sites (N-methyl/N-ethyl adjacent to an activating group) is 1. The van der Waals surface area contributed by atoms with E-state index in [-0.39, 0.29) is 5.54 Å². The Kier molecular flexibility index (Phi) is 6.57. The van der Waals surface area contributed by atoms with Gasteiger partial charge in [-0.25, -0.2) is 0 Å². The maximum Gasteiger partial charge on any atom is 0.120 e. The Morgan fingerprint density at radius 1 is 1.23 bits per heavy atom. The van der Waals surface area contributed by atoms with E-state index >= 15 is 0 Å². The number of rotatable bonds is 6. The fraction of sp³-hybridized carbons (Fsp3) is 0.385. The van der Waals surface area contributed by atoms with E-state index in [9.17, 15) is 0 Å². The van der Waals surface area contributed by atoms with Gasteiger partial charge in [-0.15, -0.1) is 6.58 Å². The second kappa shape index (κ2) is 8.97. The number of amidine groups is 1. The molecule has 3 rings (SSSR count). The number of benzene rings is 2. The maximum absolute atomic E-state index is 8.50. The molecule has 1 fully saturated rings. The van der Waals surface area contributed by atoms with Crippen molar-refractivity contribution in [3.8, 4) is 0 Å². The molecular weight excluding hydrogens is 368 g/mol. The summed E-state index contributed by atoms with van der Waals surface area (Å²) in [5.41, 5.74) is 2.60. The standard InChI is InChI=1S/C26H34N4/c1-6-8-19-9-7-10-20-16-21(11-12-23(19)20)24(27)13-14-25(28)30(5)22-15-18(2)29-26(3,4)17-22/h6-7,9-14,16,18,22,27-29H,1,8,15,17H2,2-5H3/b14-13-,27-24?,28-25?. The molecule has 0 saturated carbocycles. The number of allylic oxidation sites excluding steroid dienone is 2. The van der Waals surface area contributed by atoms with Crippen LogP contribution in [0.4, 0.5) is 0 Å². The molecule has 2 unspecified atom stereocenters. The molecular formula is C26H34N4. The van der Waals surface area contributed by atoms with Gasteiger partial charge in [0.05, 0.1) is 5.71 Å². The largest absolute Gasteiger partial charge is 0.357 e. The monoisotopic (exact) mass is 402 g/mol. The number of hydrogen-bond acceptors (Lipinski definition) is 3. The van der Waals surface area contributed by atoms with Crippen LogP contribution < -0.4 is 5.32 Å². The molecule has 4 nitrogen and oxygen atoms in total. The fourth-order valence-electron chi connectivity index (χ4n) is 4.58. The van der Waals surface area contributed by atoms with E-state index in [1.54, 1.807) is 12.2 Å². The summed E-state index contributed by atoms with van der Waals surface area (Å²) in [5.74, 6) is 0.448. The zero-order valence-corrected chi connectivity index (χ0v) is 18.6. The summed E-state index contributed by atoms with van der Waals surface area (Å²) < 4.78 is 0. The number of fused-ring (bicyclic) bond motifs is 1. The van der Waals surface area contributed by atoms with Gasteiger partial charge in [-0.2, -0.15) is 0 Å². The Bertz CT molecular complexity index is 986. The summed E-state index contributed by atoms with van der Waals surface area (Å²) in [6, 6.07) is 13.1. The molecule has 0 aromatic heterocycles. The van der Waals surface area contributed by atoms with Crippen LogP contribution >= 0.6 is 0 Å². The van der Waals surface area contributed by atoms with Gasteiger partial charge in [-0.1, -0.05) is 36.4 Å². The molecule has 4 heteroatoms. The van der Waals surface area contributed by atoms with Crippen LogP contribution in [0.15, 0.2) is 61.2 Å². The van der Waals surface area contributed by atoms with E-state index in [0.29, 0.717) is 23.6 Å². The van der Waals surface area contributed by atoms with Gasteiger partial charge >= 0.3 is 0 Å². The normalized spacial score (nSPS) is 20.9. The van der Waals surface area contributed by atoms with Gasteiger partial charge in [0.15, 0.2) is 0 Å². The lowest BCUT2D eigenvalue weighted by Gasteiger charge is -2.44. The van der Waals surface area contributed by atoms with E-state index < -0.39 is 0 Å². The summed E-state index contributed by atoms with van der Waals surface area (Å²) in [4.78, 5) is 2.05. The van der Waals surface area contributed by atoms with Crippen LogP contribution in [0.25, 0.3) is 10.8 Å². The zero-order chi connectivity index (χ0) is 21.9. The quantitative estimate of drug-likeness (QED) is 0.348. The van der Waals surface area contributed by atoms with Crippen molar-refractivity contribution in [2.45, 2.75) is 57.7 Å². The average Bonchev–Trinajstić information content (AvgIpc) is 2.69. The topological polar surface area (TPSA) is 63.0 Å². The molecule has 1 saturated heterocycles. The van der Waals surface area contributed by atoms with Crippen molar-refractivity contribution in [1.29, 1.82) is 10.8 Å². The highest BCUT2D eigenvalue weighted by Gasteiger charge is 2.33. The lowest BCUT2D eigenvalue weighted by molar-refractivity contribution is 0.164. The minimum atomic E-state index is 0.0723. The van der Waals surface area contributed by atoms with Crippen LogP contribution in [0.1, 0.15) is 44.7 Å². The van der Waals surface area contributed by atoms with Gasteiger partial charge < -0.3 is 15.6 Å². The highest BCUT2D eigenvalue weighted by Crippen LogP contribution is 2.26. The average molecular weight is 403 g/mol. The number of nitrogens with zero attached hydrogens (tertiary/aromatic N) is 1. The van der Waals surface area contributed by atoms with Crippen LogP contribution in [0, 0.1) is 10.8 Å². The van der Waals surface area contributed by atoms with Gasteiger partial charge in [0.1, 0.15) is 5.84 Å². The lowest BCUT2D eigenvalue weighted by Crippen LogP contribution is -2.56. The summed E-state index contributed by atoms with van der Waals surface area (Å²) in [7, 11) is 1.99. The predicted octanol–water partition coefficient (Wildman–Crippen LogP) is 5.32. The van der Waals surface area contributed by atoms with Crippen molar-refractivity contribution < 1.29 is 0 Å². The maximum atomic E-state index is 8.50. The van der Waals surface area contributed by atoms with Crippen molar-refractivity contribution in [3.63, 3.8) is 0 Å². The van der Waals surface area contributed by atoms with Gasteiger partial charge in [0.25, 0.3) is 0 Å². The van der Waals surface area contributed by atoms with Crippen molar-refractivity contribution in [1.82, 2.24) is 10.2 Å². The van der Waals surface area contributed by atoms with E-state index in [1.807, 2.05) is 24.1 Å². The molecule has 1 heterocycles. The summed E-state index contributed by atoms with van der Waals surface area (Å²) in [6.45, 7) is 10.5. The molecule has 2 atom stereocenters. The second-order valence-electron chi connectivity index (χ2n) is 9.11. The number of piperidine rings is 1. The van der Waals surface area contributed by atoms with Crippen LogP contribution in [0.2, 0.25) is 0 Å². The highest BCUT2D eigenvalue weighted by atomic mass is 15.2. The molecule has 1 aliphatic heterocycles. The molecule has 2 aromatic rings. The Morgan fingerprint density at radius 3 is 2.70 bits per heavy atom. The van der Waals surface area contributed by atoms with Crippen molar-refractivity contribution in [3.05, 3.63) is 72.3 Å². The molecule has 0 bridgehead atoms. The molecule has 2 aromatic carbocycles. The first-order valence-electron chi connectivity index (χ1n) is 10.7. The van der Waals surface area contributed by atoms with Gasteiger partial charge in [-0.05, 0) is 74.6 Å². The van der Waals surface area contributed by atoms with E-state index in [4.69, 9.17) is 10.8 Å².